The van der Waals surface area contributed by atoms with Crippen LogP contribution in [0, 0.1) is 0 Å². The molecule has 9 heavy (non-hydrogen) atoms. The van der Waals surface area contributed by atoms with Crippen molar-refractivity contribution in [1.82, 2.24) is 4.90 Å². The van der Waals surface area contributed by atoms with Gasteiger partial charge in [0.1, 0.15) is 0 Å². The number of rotatable bonds is 1. The summed E-state index contributed by atoms with van der Waals surface area (Å²) in [4.78, 5) is 2.23. The van der Waals surface area contributed by atoms with E-state index in [1.807, 2.05) is 6.20 Å². The van der Waals surface area contributed by atoms with Crippen LogP contribution in [-0.2, 0) is 0 Å². The van der Waals surface area contributed by atoms with E-state index in [-0.39, 0.29) is 0 Å². The number of hydrogen-bond donors (Lipinski definition) is 0. The Labute approximate surface area is 56.7 Å². The van der Waals surface area contributed by atoms with Gasteiger partial charge in [-0.15, -0.1) is 0 Å². The molecule has 0 aliphatic carbocycles. The molecule has 0 radical (unpaired) electrons. The van der Waals surface area contributed by atoms with E-state index < -0.39 is 0 Å². The Balaban J connectivity index is 2.37. The zero-order valence-electron chi connectivity index (χ0n) is 5.71. The predicted octanol–water partition coefficient (Wildman–Crippen LogP) is 1.78. The van der Waals surface area contributed by atoms with Gasteiger partial charge in [0.15, 0.2) is 0 Å². The van der Waals surface area contributed by atoms with Crippen LogP contribution in [0.25, 0.3) is 0 Å². The lowest BCUT2D eigenvalue weighted by Crippen LogP contribution is -2.16. The topological polar surface area (TPSA) is 3.24 Å². The highest BCUT2D eigenvalue weighted by Crippen LogP contribution is 2.01. The van der Waals surface area contributed by atoms with E-state index >= 15 is 0 Å². The van der Waals surface area contributed by atoms with Crippen molar-refractivity contribution in [1.29, 1.82) is 0 Å². The molecule has 1 heteroatoms. The third kappa shape index (κ3) is 1.92. The molecule has 0 unspecified atom stereocenters. The molecular weight excluding hydrogens is 110 g/mol. The first-order valence-corrected chi connectivity index (χ1v) is 3.45. The lowest BCUT2D eigenvalue weighted by molar-refractivity contribution is 0.417. The van der Waals surface area contributed by atoms with Gasteiger partial charge in [-0.25, -0.2) is 0 Å². The van der Waals surface area contributed by atoms with Crippen LogP contribution >= 0.6 is 0 Å². The minimum atomic E-state index is 1.05. The largest absolute Gasteiger partial charge is 0.374 e. The average Bonchev–Trinajstić information content (AvgIpc) is 2.13. The molecule has 0 N–H and O–H groups in total. The predicted molar refractivity (Wildman–Crippen MR) is 40.1 cm³/mol. The van der Waals surface area contributed by atoms with Crippen molar-refractivity contribution in [2.24, 2.45) is 0 Å². The Hall–Kier alpha value is -0.720. The smallest absolute Gasteiger partial charge is 0.0353 e. The lowest BCUT2D eigenvalue weighted by atomic mass is 10.3. The summed E-state index contributed by atoms with van der Waals surface area (Å²) in [6.07, 6.45) is 8.85. The Morgan fingerprint density at radius 1 is 1.44 bits per heavy atom. The fourth-order valence-corrected chi connectivity index (χ4v) is 0.997. The molecule has 0 aromatic heterocycles. The van der Waals surface area contributed by atoms with Gasteiger partial charge < -0.3 is 4.90 Å². The van der Waals surface area contributed by atoms with Gasteiger partial charge in [0.05, 0.1) is 0 Å². The van der Waals surface area contributed by atoms with Crippen molar-refractivity contribution in [2.45, 2.75) is 12.8 Å². The highest BCUT2D eigenvalue weighted by Gasteiger charge is 1.97. The van der Waals surface area contributed by atoms with Crippen LogP contribution < -0.4 is 0 Å². The molecule has 0 saturated carbocycles. The molecule has 1 aliphatic heterocycles. The average molecular weight is 123 g/mol. The van der Waals surface area contributed by atoms with Gasteiger partial charge in [0.2, 0.25) is 0 Å². The fourth-order valence-electron chi connectivity index (χ4n) is 0.997. The van der Waals surface area contributed by atoms with E-state index in [0.29, 0.717) is 0 Å². The van der Waals surface area contributed by atoms with Crippen LogP contribution in [0.1, 0.15) is 12.8 Å². The lowest BCUT2D eigenvalue weighted by Gasteiger charge is -2.14. The standard InChI is InChI=1S/C8H13N/c1-2-9-7-5-3-4-6-8-9/h2-3,5H,1,4,6-8H2. The number of hydrogen-bond acceptors (Lipinski definition) is 1. The zero-order chi connectivity index (χ0) is 6.53. The summed E-state index contributed by atoms with van der Waals surface area (Å²) in [5, 5.41) is 0. The summed E-state index contributed by atoms with van der Waals surface area (Å²) >= 11 is 0. The van der Waals surface area contributed by atoms with Crippen molar-refractivity contribution in [3.05, 3.63) is 24.9 Å². The Kier molecular flexibility index (Phi) is 2.37. The maximum Gasteiger partial charge on any atom is 0.0353 e. The summed E-state index contributed by atoms with van der Waals surface area (Å²) in [5.74, 6) is 0. The number of allylic oxidation sites excluding steroid dienone is 1. The molecule has 0 saturated heterocycles. The first kappa shape index (κ1) is 6.40. The molecule has 1 heterocycles. The van der Waals surface area contributed by atoms with E-state index in [4.69, 9.17) is 0 Å². The summed E-state index contributed by atoms with van der Waals surface area (Å²) in [6, 6.07) is 0. The Morgan fingerprint density at radius 3 is 3.11 bits per heavy atom. The first-order chi connectivity index (χ1) is 4.43. The van der Waals surface area contributed by atoms with Crippen LogP contribution in [0.2, 0.25) is 0 Å². The molecule has 1 rings (SSSR count). The Morgan fingerprint density at radius 2 is 2.33 bits per heavy atom. The third-order valence-corrected chi connectivity index (χ3v) is 1.58. The first-order valence-electron chi connectivity index (χ1n) is 3.45. The maximum atomic E-state index is 3.72. The van der Waals surface area contributed by atoms with Gasteiger partial charge >= 0.3 is 0 Å². The molecule has 1 nitrogen and oxygen atoms in total. The minimum Gasteiger partial charge on any atom is -0.374 e. The SMILES string of the molecule is C=CN1CC=CCCC1. The van der Waals surface area contributed by atoms with Crippen LogP contribution in [0.3, 0.4) is 0 Å². The molecule has 0 spiro atoms. The molecule has 0 aromatic carbocycles. The van der Waals surface area contributed by atoms with Crippen LogP contribution in [0.5, 0.6) is 0 Å². The zero-order valence-corrected chi connectivity index (χ0v) is 5.71. The summed E-state index contributed by atoms with van der Waals surface area (Å²) in [7, 11) is 0. The van der Waals surface area contributed by atoms with Crippen molar-refractivity contribution < 1.29 is 0 Å². The van der Waals surface area contributed by atoms with Crippen LogP contribution in [0.15, 0.2) is 24.9 Å². The van der Waals surface area contributed by atoms with Gasteiger partial charge in [-0.05, 0) is 19.0 Å². The van der Waals surface area contributed by atoms with E-state index in [1.54, 1.807) is 0 Å². The second kappa shape index (κ2) is 3.33. The second-order valence-electron chi connectivity index (χ2n) is 2.29. The van der Waals surface area contributed by atoms with Crippen molar-refractivity contribution >= 4 is 0 Å². The molecule has 0 aromatic rings. The fraction of sp³-hybridized carbons (Fsp3) is 0.500. The highest BCUT2D eigenvalue weighted by molar-refractivity contribution is 4.90. The van der Waals surface area contributed by atoms with E-state index in [9.17, 15) is 0 Å². The van der Waals surface area contributed by atoms with E-state index in [0.717, 1.165) is 13.1 Å². The molecule has 0 bridgehead atoms. The minimum absolute atomic E-state index is 1.05. The quantitative estimate of drug-likeness (QED) is 0.480. The van der Waals surface area contributed by atoms with Gasteiger partial charge in [-0.1, -0.05) is 18.7 Å². The summed E-state index contributed by atoms with van der Waals surface area (Å²) in [5.41, 5.74) is 0. The van der Waals surface area contributed by atoms with Gasteiger partial charge in [-0.3, -0.25) is 0 Å². The molecule has 50 valence electrons. The van der Waals surface area contributed by atoms with E-state index in [1.165, 1.54) is 12.8 Å². The molecule has 1 aliphatic rings. The third-order valence-electron chi connectivity index (χ3n) is 1.58. The van der Waals surface area contributed by atoms with Gasteiger partial charge in [0.25, 0.3) is 0 Å². The molecule has 0 amide bonds. The molecule has 0 atom stereocenters. The van der Waals surface area contributed by atoms with Crippen molar-refractivity contribution in [3.8, 4) is 0 Å². The Bertz CT molecular complexity index is 116. The maximum absolute atomic E-state index is 3.72. The summed E-state index contributed by atoms with van der Waals surface area (Å²) < 4.78 is 0. The van der Waals surface area contributed by atoms with E-state index in [2.05, 4.69) is 23.6 Å². The number of nitrogens with zero attached hydrogens (tertiary/aromatic N) is 1. The summed E-state index contributed by atoms with van der Waals surface area (Å²) in [6.45, 7) is 5.93. The van der Waals surface area contributed by atoms with Crippen LogP contribution in [-0.4, -0.2) is 18.0 Å². The molecule has 0 fully saturated rings. The van der Waals surface area contributed by atoms with Crippen molar-refractivity contribution in [3.63, 3.8) is 0 Å². The molecular formula is C8H13N. The normalized spacial score (nSPS) is 19.3. The van der Waals surface area contributed by atoms with Crippen molar-refractivity contribution in [2.75, 3.05) is 13.1 Å². The van der Waals surface area contributed by atoms with Crippen LogP contribution in [0.4, 0.5) is 0 Å². The second-order valence-corrected chi connectivity index (χ2v) is 2.29. The highest BCUT2D eigenvalue weighted by atomic mass is 15.1. The monoisotopic (exact) mass is 123 g/mol. The van der Waals surface area contributed by atoms with Gasteiger partial charge in [0, 0.05) is 13.1 Å². The van der Waals surface area contributed by atoms with Gasteiger partial charge in [-0.2, -0.15) is 0 Å².